The Balaban J connectivity index is 2.59. The van der Waals surface area contributed by atoms with Crippen molar-refractivity contribution < 1.29 is 19.1 Å². The van der Waals surface area contributed by atoms with E-state index in [1.807, 2.05) is 0 Å². The highest BCUT2D eigenvalue weighted by molar-refractivity contribution is 5.90. The van der Waals surface area contributed by atoms with Crippen LogP contribution in [0.1, 0.15) is 13.3 Å². The average Bonchev–Trinajstić information content (AvgIpc) is 2.76. The third-order valence-corrected chi connectivity index (χ3v) is 2.37. The van der Waals surface area contributed by atoms with Crippen molar-refractivity contribution in [2.45, 2.75) is 13.3 Å². The Kier molecular flexibility index (Phi) is 2.08. The quantitative estimate of drug-likeness (QED) is 0.564. The second-order valence-electron chi connectivity index (χ2n) is 3.19. The Morgan fingerprint density at radius 1 is 1.33 bits per heavy atom. The smallest absolute Gasteiger partial charge is 0.312 e. The van der Waals surface area contributed by atoms with Crippen molar-refractivity contribution in [1.82, 2.24) is 0 Å². The number of esters is 2. The van der Waals surface area contributed by atoms with Gasteiger partial charge in [0.25, 0.3) is 0 Å². The van der Waals surface area contributed by atoms with Gasteiger partial charge in [-0.1, -0.05) is 0 Å². The molecule has 1 aliphatic carbocycles. The van der Waals surface area contributed by atoms with E-state index in [-0.39, 0.29) is 17.9 Å². The van der Waals surface area contributed by atoms with Crippen LogP contribution in [-0.2, 0) is 19.1 Å². The molecule has 0 bridgehead atoms. The van der Waals surface area contributed by atoms with Crippen LogP contribution in [-0.4, -0.2) is 26.2 Å². The lowest BCUT2D eigenvalue weighted by atomic mass is 10.1. The minimum Gasteiger partial charge on any atom is -0.469 e. The van der Waals surface area contributed by atoms with Crippen LogP contribution in [0.3, 0.4) is 0 Å². The zero-order chi connectivity index (χ0) is 9.35. The number of hydrogen-bond donors (Lipinski definition) is 0. The first-order chi connectivity index (χ1) is 5.56. The Bertz CT molecular complexity index is 223. The van der Waals surface area contributed by atoms with Crippen LogP contribution in [0.2, 0.25) is 0 Å². The topological polar surface area (TPSA) is 52.6 Å². The summed E-state index contributed by atoms with van der Waals surface area (Å²) in [7, 11) is 2.64. The highest BCUT2D eigenvalue weighted by atomic mass is 16.5. The molecule has 2 atom stereocenters. The molecule has 12 heavy (non-hydrogen) atoms. The SMILES string of the molecule is COC(=O)C1CC1(C)C(=O)OC. The monoisotopic (exact) mass is 172 g/mol. The lowest BCUT2D eigenvalue weighted by molar-refractivity contribution is -0.152. The Morgan fingerprint density at radius 2 is 1.92 bits per heavy atom. The van der Waals surface area contributed by atoms with Gasteiger partial charge in [-0.3, -0.25) is 9.59 Å². The predicted octanol–water partition coefficient (Wildman–Crippen LogP) is 0.359. The van der Waals surface area contributed by atoms with Crippen molar-refractivity contribution in [3.8, 4) is 0 Å². The molecule has 0 heterocycles. The number of methoxy groups -OCH3 is 2. The number of carbonyl (C=O) groups excluding carboxylic acids is 2. The molecule has 0 spiro atoms. The molecular weight excluding hydrogens is 160 g/mol. The van der Waals surface area contributed by atoms with E-state index in [4.69, 9.17) is 0 Å². The summed E-state index contributed by atoms with van der Waals surface area (Å²) in [6.07, 6.45) is 0.534. The van der Waals surface area contributed by atoms with E-state index in [0.717, 1.165) is 0 Å². The molecule has 0 amide bonds. The summed E-state index contributed by atoms with van der Waals surface area (Å²) in [6.45, 7) is 1.71. The first-order valence-electron chi connectivity index (χ1n) is 3.72. The minimum absolute atomic E-state index is 0.310. The van der Waals surface area contributed by atoms with Crippen LogP contribution in [0, 0.1) is 11.3 Å². The van der Waals surface area contributed by atoms with Crippen molar-refractivity contribution in [3.63, 3.8) is 0 Å². The summed E-state index contributed by atoms with van der Waals surface area (Å²) < 4.78 is 9.07. The van der Waals surface area contributed by atoms with Gasteiger partial charge in [0.1, 0.15) is 0 Å². The molecule has 1 aliphatic rings. The van der Waals surface area contributed by atoms with Crippen LogP contribution in [0.25, 0.3) is 0 Å². The summed E-state index contributed by atoms with van der Waals surface area (Å²) in [5.41, 5.74) is -0.637. The lowest BCUT2D eigenvalue weighted by Gasteiger charge is -2.06. The van der Waals surface area contributed by atoms with Crippen molar-refractivity contribution >= 4 is 11.9 Å². The van der Waals surface area contributed by atoms with Crippen molar-refractivity contribution in [1.29, 1.82) is 0 Å². The van der Waals surface area contributed by atoms with Gasteiger partial charge >= 0.3 is 11.9 Å². The van der Waals surface area contributed by atoms with Gasteiger partial charge in [0.15, 0.2) is 0 Å². The number of rotatable bonds is 2. The molecule has 0 saturated heterocycles. The van der Waals surface area contributed by atoms with E-state index >= 15 is 0 Å². The maximum atomic E-state index is 11.1. The summed E-state index contributed by atoms with van der Waals surface area (Å²) >= 11 is 0. The maximum Gasteiger partial charge on any atom is 0.312 e. The molecule has 68 valence electrons. The summed E-state index contributed by atoms with van der Waals surface area (Å²) in [5.74, 6) is -0.976. The molecule has 1 saturated carbocycles. The average molecular weight is 172 g/mol. The fourth-order valence-electron chi connectivity index (χ4n) is 1.31. The van der Waals surface area contributed by atoms with E-state index in [9.17, 15) is 9.59 Å². The van der Waals surface area contributed by atoms with Crippen molar-refractivity contribution in [3.05, 3.63) is 0 Å². The van der Waals surface area contributed by atoms with Crippen LogP contribution >= 0.6 is 0 Å². The highest BCUT2D eigenvalue weighted by Gasteiger charge is 2.61. The van der Waals surface area contributed by atoms with Gasteiger partial charge in [-0.25, -0.2) is 0 Å². The minimum atomic E-state index is -0.637. The molecule has 4 heteroatoms. The standard InChI is InChI=1S/C8H12O4/c1-8(7(10)12-3)4-5(8)6(9)11-2/h5H,4H2,1-3H3. The van der Waals surface area contributed by atoms with Gasteiger partial charge in [-0.2, -0.15) is 0 Å². The first kappa shape index (κ1) is 9.03. The highest BCUT2D eigenvalue weighted by Crippen LogP contribution is 2.53. The van der Waals surface area contributed by atoms with Crippen molar-refractivity contribution in [2.24, 2.45) is 11.3 Å². The molecule has 2 unspecified atom stereocenters. The second kappa shape index (κ2) is 2.77. The van der Waals surface area contributed by atoms with Crippen LogP contribution in [0.15, 0.2) is 0 Å². The Morgan fingerprint density at radius 3 is 2.33 bits per heavy atom. The molecular formula is C8H12O4. The predicted molar refractivity (Wildman–Crippen MR) is 40.2 cm³/mol. The van der Waals surface area contributed by atoms with Gasteiger partial charge < -0.3 is 9.47 Å². The molecule has 0 aromatic carbocycles. The van der Waals surface area contributed by atoms with Gasteiger partial charge in [0.05, 0.1) is 25.6 Å². The normalized spacial score (nSPS) is 32.4. The van der Waals surface area contributed by atoms with Crippen LogP contribution in [0.4, 0.5) is 0 Å². The van der Waals surface area contributed by atoms with Gasteiger partial charge in [-0.15, -0.1) is 0 Å². The van der Waals surface area contributed by atoms with E-state index in [1.54, 1.807) is 6.92 Å². The van der Waals surface area contributed by atoms with Gasteiger partial charge in [0.2, 0.25) is 0 Å². The third kappa shape index (κ3) is 1.17. The maximum absolute atomic E-state index is 11.1. The van der Waals surface area contributed by atoms with Crippen LogP contribution < -0.4 is 0 Å². The van der Waals surface area contributed by atoms with E-state index < -0.39 is 5.41 Å². The Labute approximate surface area is 70.8 Å². The molecule has 4 nitrogen and oxygen atoms in total. The zero-order valence-electron chi connectivity index (χ0n) is 7.42. The molecule has 0 aromatic heterocycles. The molecule has 1 fully saturated rings. The lowest BCUT2D eigenvalue weighted by Crippen LogP contribution is -2.20. The fourth-order valence-corrected chi connectivity index (χ4v) is 1.31. The third-order valence-electron chi connectivity index (χ3n) is 2.37. The molecule has 1 rings (SSSR count). The number of hydrogen-bond acceptors (Lipinski definition) is 4. The molecule has 0 aliphatic heterocycles. The second-order valence-corrected chi connectivity index (χ2v) is 3.19. The van der Waals surface area contributed by atoms with Gasteiger partial charge in [-0.05, 0) is 13.3 Å². The van der Waals surface area contributed by atoms with E-state index in [0.29, 0.717) is 6.42 Å². The zero-order valence-corrected chi connectivity index (χ0v) is 7.42. The largest absolute Gasteiger partial charge is 0.469 e. The van der Waals surface area contributed by atoms with Crippen molar-refractivity contribution in [2.75, 3.05) is 14.2 Å². The summed E-state index contributed by atoms with van der Waals surface area (Å²) in [6, 6.07) is 0. The first-order valence-corrected chi connectivity index (χ1v) is 3.72. The number of carbonyl (C=O) groups is 2. The van der Waals surface area contributed by atoms with Gasteiger partial charge in [0, 0.05) is 0 Å². The van der Waals surface area contributed by atoms with Crippen LogP contribution in [0.5, 0.6) is 0 Å². The molecule has 0 aromatic rings. The van der Waals surface area contributed by atoms with E-state index in [2.05, 4.69) is 9.47 Å². The Hall–Kier alpha value is -1.06. The van der Waals surface area contributed by atoms with E-state index in [1.165, 1.54) is 14.2 Å². The fraction of sp³-hybridized carbons (Fsp3) is 0.750. The summed E-state index contributed by atoms with van der Waals surface area (Å²) in [4.78, 5) is 22.1. The summed E-state index contributed by atoms with van der Waals surface area (Å²) in [5, 5.41) is 0. The molecule has 0 radical (unpaired) electrons. The number of ether oxygens (including phenoxy) is 2. The molecule has 0 N–H and O–H groups in total.